The number of rotatable bonds is 4. The molecule has 0 atom stereocenters. The minimum atomic E-state index is -4.31. The van der Waals surface area contributed by atoms with Gasteiger partial charge in [0, 0.05) is 13.3 Å². The summed E-state index contributed by atoms with van der Waals surface area (Å²) in [7, 11) is 1.47. The van der Waals surface area contributed by atoms with Gasteiger partial charge < -0.3 is 5.32 Å². The van der Waals surface area contributed by atoms with Crippen LogP contribution in [0.5, 0.6) is 0 Å². The molecule has 6 heteroatoms. The summed E-state index contributed by atoms with van der Waals surface area (Å²) < 4.78 is 46.4. The Morgan fingerprint density at radius 2 is 2.08 bits per heavy atom. The van der Waals surface area contributed by atoms with E-state index in [9.17, 15) is 17.6 Å². The van der Waals surface area contributed by atoms with Crippen molar-refractivity contribution in [1.29, 1.82) is 0 Å². The summed E-state index contributed by atoms with van der Waals surface area (Å²) in [5, 5.41) is 2.49. The van der Waals surface area contributed by atoms with Gasteiger partial charge in [0.25, 0.3) is 0 Å². The number of hydrogen-bond acceptors (Lipinski definition) is 2. The molecule has 0 saturated carbocycles. The van der Waals surface area contributed by atoms with E-state index in [1.807, 2.05) is 0 Å². The predicted octanol–water partition coefficient (Wildman–Crippen LogP) is 1.69. The fourth-order valence-corrected chi connectivity index (χ4v) is 0.550. The van der Waals surface area contributed by atoms with Crippen LogP contribution < -0.4 is 5.32 Å². The molecule has 2 nitrogen and oxygen atoms in total. The Morgan fingerprint density at radius 1 is 1.46 bits per heavy atom. The molecular weight excluding hydrogens is 188 g/mol. The Hall–Kier alpha value is -1.07. The normalized spacial score (nSPS) is 13.8. The van der Waals surface area contributed by atoms with Crippen LogP contribution >= 0.6 is 0 Å². The number of alkyl halides is 4. The van der Waals surface area contributed by atoms with Crippen LogP contribution in [-0.4, -0.2) is 32.7 Å². The molecule has 0 spiro atoms. The molecule has 13 heavy (non-hydrogen) atoms. The zero-order chi connectivity index (χ0) is 10.3. The second-order valence-corrected chi connectivity index (χ2v) is 2.15. The average molecular weight is 198 g/mol. The number of halogens is 4. The molecule has 0 radical (unpaired) electrons. The lowest BCUT2D eigenvalue weighted by atomic mass is 10.4. The monoisotopic (exact) mass is 198 g/mol. The van der Waals surface area contributed by atoms with Crippen molar-refractivity contribution in [2.24, 2.45) is 4.99 Å². The minimum Gasteiger partial charge on any atom is -0.387 e. The summed E-state index contributed by atoms with van der Waals surface area (Å²) in [4.78, 5) is 3.08. The second-order valence-electron chi connectivity index (χ2n) is 2.15. The second kappa shape index (κ2) is 5.55. The lowest BCUT2D eigenvalue weighted by molar-refractivity contribution is -0.118. The molecule has 76 valence electrons. The average Bonchev–Trinajstić information content (AvgIpc) is 2.01. The fourth-order valence-electron chi connectivity index (χ4n) is 0.550. The van der Waals surface area contributed by atoms with Crippen molar-refractivity contribution in [2.75, 3.05) is 20.3 Å². The highest BCUT2D eigenvalue weighted by Crippen LogP contribution is 2.13. The molecule has 0 saturated heterocycles. The van der Waals surface area contributed by atoms with Crippen LogP contribution in [0.1, 0.15) is 0 Å². The van der Waals surface area contributed by atoms with Crippen LogP contribution in [0.25, 0.3) is 0 Å². The Labute approximate surface area is 73.3 Å². The van der Waals surface area contributed by atoms with Gasteiger partial charge in [-0.3, -0.25) is 4.99 Å². The highest BCUT2D eigenvalue weighted by molar-refractivity contribution is 5.77. The number of nitrogens with one attached hydrogen (secondary N) is 1. The Kier molecular flexibility index (Phi) is 5.10. The van der Waals surface area contributed by atoms with Gasteiger partial charge in [-0.1, -0.05) is 0 Å². The highest BCUT2D eigenvalue weighted by atomic mass is 19.4. The molecule has 1 N–H and O–H groups in total. The molecule has 0 rings (SSSR count). The summed E-state index contributed by atoms with van der Waals surface area (Å²) >= 11 is 0. The first-order valence-electron chi connectivity index (χ1n) is 3.50. The first-order valence-corrected chi connectivity index (χ1v) is 3.50. The van der Waals surface area contributed by atoms with Crippen molar-refractivity contribution in [3.63, 3.8) is 0 Å². The Bertz CT molecular complexity index is 195. The molecule has 0 fully saturated rings. The Balaban J connectivity index is 4.02. The zero-order valence-corrected chi connectivity index (χ0v) is 7.03. The number of nitrogens with zero attached hydrogens (tertiary/aromatic N) is 1. The lowest BCUT2D eigenvalue weighted by Crippen LogP contribution is -2.13. The van der Waals surface area contributed by atoms with E-state index in [2.05, 4.69) is 10.3 Å². The third kappa shape index (κ3) is 7.30. The van der Waals surface area contributed by atoms with Gasteiger partial charge in [0.15, 0.2) is 0 Å². The van der Waals surface area contributed by atoms with Crippen LogP contribution in [0.4, 0.5) is 17.6 Å². The summed E-state index contributed by atoms with van der Waals surface area (Å²) in [6.07, 6.45) is -2.27. The molecule has 0 aliphatic carbocycles. The lowest BCUT2D eigenvalue weighted by Gasteiger charge is -2.01. The number of aliphatic imine (C=N–C) groups is 1. The van der Waals surface area contributed by atoms with Crippen LogP contribution in [0.15, 0.2) is 16.8 Å². The SMILES string of the molecule is CN/C(C=NCC(F)(F)F)=C/CF. The highest BCUT2D eigenvalue weighted by Gasteiger charge is 2.25. The summed E-state index contributed by atoms with van der Waals surface area (Å²) in [6, 6.07) is 0. The largest absolute Gasteiger partial charge is 0.407 e. The summed E-state index contributed by atoms with van der Waals surface area (Å²) in [5.41, 5.74) is 0.228. The minimum absolute atomic E-state index is 0.228. The molecule has 0 aliphatic heterocycles. The maximum absolute atomic E-state index is 11.7. The molecule has 0 heterocycles. The van der Waals surface area contributed by atoms with E-state index in [0.717, 1.165) is 12.3 Å². The van der Waals surface area contributed by atoms with Crippen molar-refractivity contribution in [3.05, 3.63) is 11.8 Å². The molecule has 0 unspecified atom stereocenters. The molecule has 0 amide bonds. The van der Waals surface area contributed by atoms with Gasteiger partial charge in [-0.25, -0.2) is 4.39 Å². The third-order valence-electron chi connectivity index (χ3n) is 1.09. The van der Waals surface area contributed by atoms with Crippen molar-refractivity contribution >= 4 is 6.21 Å². The van der Waals surface area contributed by atoms with E-state index in [4.69, 9.17) is 0 Å². The number of hydrogen-bond donors (Lipinski definition) is 1. The zero-order valence-electron chi connectivity index (χ0n) is 7.03. The smallest absolute Gasteiger partial charge is 0.387 e. The van der Waals surface area contributed by atoms with Gasteiger partial charge in [-0.15, -0.1) is 0 Å². The molecule has 0 bridgehead atoms. The van der Waals surface area contributed by atoms with E-state index in [1.54, 1.807) is 0 Å². The summed E-state index contributed by atoms with van der Waals surface area (Å²) in [5.74, 6) is 0. The van der Waals surface area contributed by atoms with Gasteiger partial charge >= 0.3 is 6.18 Å². The van der Waals surface area contributed by atoms with Gasteiger partial charge in [-0.2, -0.15) is 13.2 Å². The first-order chi connectivity index (χ1) is 5.99. The predicted molar refractivity (Wildman–Crippen MR) is 42.5 cm³/mol. The van der Waals surface area contributed by atoms with Crippen LogP contribution in [0.3, 0.4) is 0 Å². The van der Waals surface area contributed by atoms with Crippen LogP contribution in [-0.2, 0) is 0 Å². The van der Waals surface area contributed by atoms with Gasteiger partial charge in [0.1, 0.15) is 13.2 Å². The van der Waals surface area contributed by atoms with Crippen LogP contribution in [0.2, 0.25) is 0 Å². The van der Waals surface area contributed by atoms with E-state index >= 15 is 0 Å². The van der Waals surface area contributed by atoms with Crippen molar-refractivity contribution < 1.29 is 17.6 Å². The number of allylic oxidation sites excluding steroid dienone is 2. The maximum Gasteiger partial charge on any atom is 0.407 e. The topological polar surface area (TPSA) is 24.4 Å². The van der Waals surface area contributed by atoms with Crippen LogP contribution in [0, 0.1) is 0 Å². The third-order valence-corrected chi connectivity index (χ3v) is 1.09. The van der Waals surface area contributed by atoms with E-state index in [0.29, 0.717) is 0 Å². The van der Waals surface area contributed by atoms with E-state index in [-0.39, 0.29) is 5.70 Å². The maximum atomic E-state index is 11.7. The fraction of sp³-hybridized carbons (Fsp3) is 0.571. The molecule has 0 aromatic rings. The van der Waals surface area contributed by atoms with Crippen molar-refractivity contribution in [1.82, 2.24) is 5.32 Å². The van der Waals surface area contributed by atoms with Crippen molar-refractivity contribution in [3.8, 4) is 0 Å². The molecular formula is C7H10F4N2. The van der Waals surface area contributed by atoms with Gasteiger partial charge in [0.2, 0.25) is 0 Å². The van der Waals surface area contributed by atoms with E-state index in [1.165, 1.54) is 7.05 Å². The molecule has 0 aromatic heterocycles. The molecule has 0 aromatic carbocycles. The standard InChI is InChI=1S/C7H10F4N2/c1-12-6(2-3-8)4-13-5-7(9,10)11/h2,4,12H,3,5H2,1H3/b6-2+,13-4?. The van der Waals surface area contributed by atoms with Crippen molar-refractivity contribution in [2.45, 2.75) is 6.18 Å². The van der Waals surface area contributed by atoms with Gasteiger partial charge in [-0.05, 0) is 6.08 Å². The Morgan fingerprint density at radius 3 is 2.46 bits per heavy atom. The quantitative estimate of drug-likeness (QED) is 0.539. The van der Waals surface area contributed by atoms with Gasteiger partial charge in [0.05, 0.1) is 5.70 Å². The molecule has 0 aliphatic rings. The summed E-state index contributed by atoms with van der Waals surface area (Å²) in [6.45, 7) is -1.99. The van der Waals surface area contributed by atoms with E-state index < -0.39 is 19.4 Å². The first kappa shape index (κ1) is 11.9.